The minimum absolute atomic E-state index is 0.257. The molecule has 13 heavy (non-hydrogen) atoms. The number of benzene rings is 1. The fourth-order valence-electron chi connectivity index (χ4n) is 1.47. The highest BCUT2D eigenvalue weighted by atomic mass is 19.1. The van der Waals surface area contributed by atoms with Crippen molar-refractivity contribution in [1.82, 2.24) is 0 Å². The maximum absolute atomic E-state index is 13.3. The van der Waals surface area contributed by atoms with Gasteiger partial charge in [0.25, 0.3) is 0 Å². The Morgan fingerprint density at radius 3 is 2.62 bits per heavy atom. The molecule has 0 aliphatic carbocycles. The van der Waals surface area contributed by atoms with Crippen LogP contribution in [-0.2, 0) is 9.47 Å². The van der Waals surface area contributed by atoms with Gasteiger partial charge in [-0.25, -0.2) is 4.39 Å². The third-order valence-electron chi connectivity index (χ3n) is 2.13. The van der Waals surface area contributed by atoms with Gasteiger partial charge in [0.1, 0.15) is 5.82 Å². The van der Waals surface area contributed by atoms with Crippen molar-refractivity contribution in [3.05, 3.63) is 35.1 Å². The van der Waals surface area contributed by atoms with Gasteiger partial charge in [0.2, 0.25) is 0 Å². The summed E-state index contributed by atoms with van der Waals surface area (Å²) in [6, 6.07) is 4.96. The first-order chi connectivity index (χ1) is 6.29. The highest BCUT2D eigenvalue weighted by Crippen LogP contribution is 2.28. The molecule has 0 saturated carbocycles. The number of ether oxygens (including phenoxy) is 2. The zero-order chi connectivity index (χ0) is 9.26. The van der Waals surface area contributed by atoms with Crippen LogP contribution in [-0.4, -0.2) is 13.2 Å². The topological polar surface area (TPSA) is 18.5 Å². The van der Waals surface area contributed by atoms with Crippen LogP contribution in [0, 0.1) is 12.7 Å². The molecule has 0 N–H and O–H groups in total. The molecule has 1 fully saturated rings. The molecule has 3 heteroatoms. The molecular weight excluding hydrogens is 171 g/mol. The van der Waals surface area contributed by atoms with Crippen LogP contribution in [0.4, 0.5) is 4.39 Å². The Morgan fingerprint density at radius 1 is 1.31 bits per heavy atom. The molecule has 0 aromatic heterocycles. The van der Waals surface area contributed by atoms with E-state index in [-0.39, 0.29) is 5.82 Å². The number of hydrogen-bond acceptors (Lipinski definition) is 2. The second-order valence-electron chi connectivity index (χ2n) is 3.04. The smallest absolute Gasteiger partial charge is 0.187 e. The first kappa shape index (κ1) is 8.66. The van der Waals surface area contributed by atoms with E-state index in [0.717, 1.165) is 5.56 Å². The van der Waals surface area contributed by atoms with Gasteiger partial charge in [-0.1, -0.05) is 12.1 Å². The predicted octanol–water partition coefficient (Wildman–Crippen LogP) is 2.18. The summed E-state index contributed by atoms with van der Waals surface area (Å²) in [5.41, 5.74) is 1.40. The van der Waals surface area contributed by atoms with Crippen LogP contribution in [0.2, 0.25) is 0 Å². The molecule has 1 saturated heterocycles. The average Bonchev–Trinajstić information content (AvgIpc) is 2.57. The monoisotopic (exact) mass is 182 g/mol. The second kappa shape index (κ2) is 3.44. The molecule has 1 aromatic carbocycles. The molecule has 0 atom stereocenters. The van der Waals surface area contributed by atoms with E-state index in [9.17, 15) is 4.39 Å². The molecule has 0 unspecified atom stereocenters. The summed E-state index contributed by atoms with van der Waals surface area (Å²) >= 11 is 0. The molecule has 1 heterocycles. The quantitative estimate of drug-likeness (QED) is 0.662. The Balaban J connectivity index is 2.37. The number of rotatable bonds is 1. The van der Waals surface area contributed by atoms with Crippen LogP contribution in [0.15, 0.2) is 18.2 Å². The van der Waals surface area contributed by atoms with Crippen LogP contribution in [0.3, 0.4) is 0 Å². The Hall–Kier alpha value is -0.930. The Morgan fingerprint density at radius 2 is 2.00 bits per heavy atom. The summed E-state index contributed by atoms with van der Waals surface area (Å²) in [7, 11) is 0. The summed E-state index contributed by atoms with van der Waals surface area (Å²) in [5.74, 6) is -0.257. The van der Waals surface area contributed by atoms with E-state index < -0.39 is 6.29 Å². The van der Waals surface area contributed by atoms with E-state index in [2.05, 4.69) is 0 Å². The van der Waals surface area contributed by atoms with Crippen molar-refractivity contribution >= 4 is 0 Å². The lowest BCUT2D eigenvalue weighted by atomic mass is 10.1. The molecule has 1 aromatic rings. The maximum atomic E-state index is 13.3. The van der Waals surface area contributed by atoms with Crippen LogP contribution in [0.25, 0.3) is 0 Å². The third-order valence-corrected chi connectivity index (χ3v) is 2.13. The fraction of sp³-hybridized carbons (Fsp3) is 0.400. The molecule has 2 rings (SSSR count). The first-order valence-corrected chi connectivity index (χ1v) is 4.27. The Labute approximate surface area is 76.3 Å². The van der Waals surface area contributed by atoms with Gasteiger partial charge in [0.15, 0.2) is 6.29 Å². The molecule has 1 aliphatic rings. The second-order valence-corrected chi connectivity index (χ2v) is 3.04. The molecule has 70 valence electrons. The van der Waals surface area contributed by atoms with E-state index in [4.69, 9.17) is 9.47 Å². The largest absolute Gasteiger partial charge is 0.346 e. The van der Waals surface area contributed by atoms with E-state index in [0.29, 0.717) is 18.8 Å². The molecular formula is C10H11FO2. The molecule has 0 bridgehead atoms. The lowest BCUT2D eigenvalue weighted by Crippen LogP contribution is -2.03. The van der Waals surface area contributed by atoms with Gasteiger partial charge in [0.05, 0.1) is 13.2 Å². The molecule has 0 amide bonds. The average molecular weight is 182 g/mol. The van der Waals surface area contributed by atoms with Gasteiger partial charge in [-0.3, -0.25) is 0 Å². The summed E-state index contributed by atoms with van der Waals surface area (Å²) in [6.07, 6.45) is -0.513. The van der Waals surface area contributed by atoms with Crippen molar-refractivity contribution in [3.63, 3.8) is 0 Å². The van der Waals surface area contributed by atoms with Crippen molar-refractivity contribution in [2.75, 3.05) is 13.2 Å². The summed E-state index contributed by atoms with van der Waals surface area (Å²) in [5, 5.41) is 0. The Bertz CT molecular complexity index is 286. The van der Waals surface area contributed by atoms with Crippen LogP contribution >= 0.6 is 0 Å². The summed E-state index contributed by atoms with van der Waals surface area (Å²) < 4.78 is 23.8. The van der Waals surface area contributed by atoms with Crippen LogP contribution in [0.1, 0.15) is 17.4 Å². The lowest BCUT2D eigenvalue weighted by Gasteiger charge is -2.12. The van der Waals surface area contributed by atoms with Crippen molar-refractivity contribution < 1.29 is 13.9 Å². The molecule has 0 spiro atoms. The van der Waals surface area contributed by atoms with E-state index in [1.807, 2.05) is 13.0 Å². The van der Waals surface area contributed by atoms with Crippen molar-refractivity contribution in [1.29, 1.82) is 0 Å². The van der Waals surface area contributed by atoms with E-state index in [1.165, 1.54) is 6.07 Å². The Kier molecular flexibility index (Phi) is 2.29. The summed E-state index contributed by atoms with van der Waals surface area (Å²) in [6.45, 7) is 2.93. The predicted molar refractivity (Wildman–Crippen MR) is 45.8 cm³/mol. The normalized spacial score (nSPS) is 18.0. The minimum Gasteiger partial charge on any atom is -0.346 e. The molecule has 1 aliphatic heterocycles. The van der Waals surface area contributed by atoms with Gasteiger partial charge in [-0.15, -0.1) is 0 Å². The van der Waals surface area contributed by atoms with Crippen LogP contribution < -0.4 is 0 Å². The fourth-order valence-corrected chi connectivity index (χ4v) is 1.47. The maximum Gasteiger partial charge on any atom is 0.187 e. The highest BCUT2D eigenvalue weighted by Gasteiger charge is 2.23. The summed E-state index contributed by atoms with van der Waals surface area (Å²) in [4.78, 5) is 0. The van der Waals surface area contributed by atoms with Gasteiger partial charge in [-0.05, 0) is 18.6 Å². The number of halogens is 1. The molecule has 0 radical (unpaired) electrons. The zero-order valence-electron chi connectivity index (χ0n) is 7.42. The number of aryl methyl sites for hydroxylation is 1. The zero-order valence-corrected chi connectivity index (χ0v) is 7.42. The van der Waals surface area contributed by atoms with E-state index >= 15 is 0 Å². The lowest BCUT2D eigenvalue weighted by molar-refractivity contribution is -0.0469. The van der Waals surface area contributed by atoms with Crippen molar-refractivity contribution in [2.24, 2.45) is 0 Å². The number of hydrogen-bond donors (Lipinski definition) is 0. The van der Waals surface area contributed by atoms with Crippen molar-refractivity contribution in [2.45, 2.75) is 13.2 Å². The first-order valence-electron chi connectivity index (χ1n) is 4.27. The SMILES string of the molecule is Cc1cccc(F)c1C1OCCO1. The standard InChI is InChI=1S/C10H11FO2/c1-7-3-2-4-8(11)9(7)10-12-5-6-13-10/h2-4,10H,5-6H2,1H3. The van der Waals surface area contributed by atoms with Crippen LogP contribution in [0.5, 0.6) is 0 Å². The minimum atomic E-state index is -0.513. The van der Waals surface area contributed by atoms with Crippen molar-refractivity contribution in [3.8, 4) is 0 Å². The van der Waals surface area contributed by atoms with Gasteiger partial charge >= 0.3 is 0 Å². The molecule has 2 nitrogen and oxygen atoms in total. The highest BCUT2D eigenvalue weighted by molar-refractivity contribution is 5.28. The van der Waals surface area contributed by atoms with Gasteiger partial charge in [0, 0.05) is 5.56 Å². The third kappa shape index (κ3) is 1.57. The van der Waals surface area contributed by atoms with E-state index in [1.54, 1.807) is 6.07 Å². The van der Waals surface area contributed by atoms with Gasteiger partial charge in [-0.2, -0.15) is 0 Å². The van der Waals surface area contributed by atoms with Gasteiger partial charge < -0.3 is 9.47 Å².